The highest BCUT2D eigenvalue weighted by molar-refractivity contribution is 5.76. The van der Waals surface area contributed by atoms with Crippen molar-refractivity contribution in [1.82, 2.24) is 19.1 Å². The van der Waals surface area contributed by atoms with E-state index in [2.05, 4.69) is 5.10 Å². The van der Waals surface area contributed by atoms with Gasteiger partial charge in [0, 0.05) is 25.9 Å². The van der Waals surface area contributed by atoms with Crippen molar-refractivity contribution in [3.8, 4) is 0 Å². The minimum Gasteiger partial charge on any atom is -0.396 e. The second-order valence-corrected chi connectivity index (χ2v) is 5.38. The summed E-state index contributed by atoms with van der Waals surface area (Å²) < 4.78 is 2.63. The molecule has 0 aromatic carbocycles. The molecule has 7 nitrogen and oxygen atoms in total. The van der Waals surface area contributed by atoms with Gasteiger partial charge in [-0.05, 0) is 30.9 Å². The monoisotopic (exact) mass is 290 g/mol. The van der Waals surface area contributed by atoms with E-state index in [0.29, 0.717) is 24.7 Å². The Balaban J connectivity index is 1.72. The van der Waals surface area contributed by atoms with E-state index in [9.17, 15) is 9.59 Å². The number of fused-ring (bicyclic) bond motifs is 1. The molecule has 1 saturated heterocycles. The van der Waals surface area contributed by atoms with Crippen LogP contribution in [0.5, 0.6) is 0 Å². The number of likely N-dealkylation sites (tertiary alicyclic amines) is 1. The lowest BCUT2D eigenvalue weighted by Crippen LogP contribution is -2.35. The van der Waals surface area contributed by atoms with Gasteiger partial charge in [0.25, 0.3) is 0 Å². The zero-order valence-corrected chi connectivity index (χ0v) is 11.7. The van der Waals surface area contributed by atoms with Gasteiger partial charge >= 0.3 is 5.69 Å². The topological polar surface area (TPSA) is 79.8 Å². The predicted molar refractivity (Wildman–Crippen MR) is 75.8 cm³/mol. The van der Waals surface area contributed by atoms with Crippen molar-refractivity contribution in [2.75, 3.05) is 19.7 Å². The first kappa shape index (κ1) is 13.8. The van der Waals surface area contributed by atoms with E-state index in [0.717, 1.165) is 12.8 Å². The summed E-state index contributed by atoms with van der Waals surface area (Å²) in [6, 6.07) is 5.28. The van der Waals surface area contributed by atoms with Crippen LogP contribution in [0.4, 0.5) is 0 Å². The van der Waals surface area contributed by atoms with Gasteiger partial charge in [-0.3, -0.25) is 9.20 Å². The molecule has 1 fully saturated rings. The van der Waals surface area contributed by atoms with E-state index in [1.165, 1.54) is 9.08 Å². The molecule has 7 heteroatoms. The zero-order valence-electron chi connectivity index (χ0n) is 11.7. The Morgan fingerprint density at radius 2 is 2.29 bits per heavy atom. The highest BCUT2D eigenvalue weighted by Crippen LogP contribution is 2.19. The Kier molecular flexibility index (Phi) is 3.74. The number of carbonyl (C=O) groups excluding carboxylic acids is 1. The molecule has 1 atom stereocenters. The fourth-order valence-corrected chi connectivity index (χ4v) is 2.78. The van der Waals surface area contributed by atoms with Gasteiger partial charge in [-0.1, -0.05) is 6.07 Å². The molecule has 3 rings (SSSR count). The largest absolute Gasteiger partial charge is 0.396 e. The van der Waals surface area contributed by atoms with E-state index in [1.54, 1.807) is 29.3 Å². The average Bonchev–Trinajstić information content (AvgIpc) is 3.06. The van der Waals surface area contributed by atoms with Crippen molar-refractivity contribution in [2.45, 2.75) is 19.4 Å². The van der Waals surface area contributed by atoms with Gasteiger partial charge in [0.05, 0.1) is 0 Å². The molecule has 2 aromatic heterocycles. The van der Waals surface area contributed by atoms with Crippen LogP contribution in [0.1, 0.15) is 12.8 Å². The van der Waals surface area contributed by atoms with E-state index in [4.69, 9.17) is 5.11 Å². The van der Waals surface area contributed by atoms with Crippen molar-refractivity contribution in [1.29, 1.82) is 0 Å². The number of hydrogen-bond acceptors (Lipinski definition) is 4. The maximum atomic E-state index is 12.2. The third kappa shape index (κ3) is 2.69. The van der Waals surface area contributed by atoms with E-state index < -0.39 is 0 Å². The number of aromatic nitrogens is 3. The van der Waals surface area contributed by atoms with Crippen LogP contribution in [0.3, 0.4) is 0 Å². The Hall–Kier alpha value is -2.15. The molecule has 0 saturated carbocycles. The van der Waals surface area contributed by atoms with E-state index in [-0.39, 0.29) is 24.7 Å². The summed E-state index contributed by atoms with van der Waals surface area (Å²) in [6.45, 7) is 1.46. The maximum absolute atomic E-state index is 12.2. The van der Waals surface area contributed by atoms with Crippen LogP contribution in [-0.2, 0) is 11.3 Å². The molecule has 0 radical (unpaired) electrons. The molecule has 3 heterocycles. The molecule has 1 aliphatic heterocycles. The minimum absolute atomic E-state index is 0.0354. The summed E-state index contributed by atoms with van der Waals surface area (Å²) in [7, 11) is 0. The molecule has 21 heavy (non-hydrogen) atoms. The molecule has 1 amide bonds. The second-order valence-electron chi connectivity index (χ2n) is 5.38. The molecule has 0 spiro atoms. The SMILES string of the molecule is O=C(Cn1nc2ccccn2c1=O)N1CCC(CCO)C1. The lowest BCUT2D eigenvalue weighted by molar-refractivity contribution is -0.131. The number of pyridine rings is 1. The average molecular weight is 290 g/mol. The van der Waals surface area contributed by atoms with Gasteiger partial charge in [0.1, 0.15) is 6.54 Å². The smallest absolute Gasteiger partial charge is 0.350 e. The Bertz CT molecular complexity index is 706. The van der Waals surface area contributed by atoms with Gasteiger partial charge < -0.3 is 10.0 Å². The summed E-state index contributed by atoms with van der Waals surface area (Å²) in [5.74, 6) is 0.262. The van der Waals surface area contributed by atoms with Gasteiger partial charge in [0.15, 0.2) is 5.65 Å². The number of amides is 1. The summed E-state index contributed by atoms with van der Waals surface area (Å²) in [4.78, 5) is 26.1. The fourth-order valence-electron chi connectivity index (χ4n) is 2.78. The normalized spacial score (nSPS) is 18.5. The first-order valence-electron chi connectivity index (χ1n) is 7.12. The Morgan fingerprint density at radius 3 is 3.05 bits per heavy atom. The number of aliphatic hydroxyl groups excluding tert-OH is 1. The van der Waals surface area contributed by atoms with Gasteiger partial charge in [-0.25, -0.2) is 9.48 Å². The zero-order chi connectivity index (χ0) is 14.8. The summed E-state index contributed by atoms with van der Waals surface area (Å²) >= 11 is 0. The number of nitrogens with zero attached hydrogens (tertiary/aromatic N) is 4. The van der Waals surface area contributed by atoms with Gasteiger partial charge in [0.2, 0.25) is 5.91 Å². The fraction of sp³-hybridized carbons (Fsp3) is 0.500. The van der Waals surface area contributed by atoms with Crippen molar-refractivity contribution in [3.05, 3.63) is 34.9 Å². The lowest BCUT2D eigenvalue weighted by Gasteiger charge is -2.15. The molecule has 1 N–H and O–H groups in total. The first-order chi connectivity index (χ1) is 10.2. The molecule has 112 valence electrons. The van der Waals surface area contributed by atoms with E-state index in [1.807, 2.05) is 0 Å². The number of rotatable bonds is 4. The number of carbonyl (C=O) groups is 1. The Morgan fingerprint density at radius 1 is 1.43 bits per heavy atom. The van der Waals surface area contributed by atoms with Crippen LogP contribution in [-0.4, -0.2) is 49.8 Å². The van der Waals surface area contributed by atoms with Crippen LogP contribution in [0, 0.1) is 5.92 Å². The summed E-state index contributed by atoms with van der Waals surface area (Å²) in [6.07, 6.45) is 3.27. The highest BCUT2D eigenvalue weighted by Gasteiger charge is 2.26. The van der Waals surface area contributed by atoms with Crippen molar-refractivity contribution in [3.63, 3.8) is 0 Å². The Labute approximate surface area is 121 Å². The maximum Gasteiger partial charge on any atom is 0.350 e. The van der Waals surface area contributed by atoms with Crippen LogP contribution in [0.15, 0.2) is 29.2 Å². The molecule has 1 aliphatic rings. The molecule has 1 unspecified atom stereocenters. The minimum atomic E-state index is -0.301. The van der Waals surface area contributed by atoms with Crippen molar-refractivity contribution in [2.24, 2.45) is 5.92 Å². The van der Waals surface area contributed by atoms with E-state index >= 15 is 0 Å². The van der Waals surface area contributed by atoms with Gasteiger partial charge in [-0.15, -0.1) is 5.10 Å². The number of hydrogen-bond donors (Lipinski definition) is 1. The lowest BCUT2D eigenvalue weighted by atomic mass is 10.1. The van der Waals surface area contributed by atoms with Crippen molar-refractivity contribution >= 4 is 11.6 Å². The third-order valence-electron chi connectivity index (χ3n) is 3.95. The van der Waals surface area contributed by atoms with Crippen LogP contribution < -0.4 is 5.69 Å². The summed E-state index contributed by atoms with van der Waals surface area (Å²) in [5, 5.41) is 13.1. The highest BCUT2D eigenvalue weighted by atomic mass is 16.3. The van der Waals surface area contributed by atoms with Gasteiger partial charge in [-0.2, -0.15) is 0 Å². The second kappa shape index (κ2) is 5.69. The third-order valence-corrected chi connectivity index (χ3v) is 3.95. The summed E-state index contributed by atoms with van der Waals surface area (Å²) in [5.41, 5.74) is 0.236. The van der Waals surface area contributed by atoms with Crippen LogP contribution >= 0.6 is 0 Å². The molecule has 2 aromatic rings. The number of aliphatic hydroxyl groups is 1. The van der Waals surface area contributed by atoms with Crippen molar-refractivity contribution < 1.29 is 9.90 Å². The van der Waals surface area contributed by atoms with Crippen LogP contribution in [0.2, 0.25) is 0 Å². The molecular formula is C14H18N4O3. The predicted octanol–water partition coefficient (Wildman–Crippen LogP) is -0.273. The molecule has 0 aliphatic carbocycles. The first-order valence-corrected chi connectivity index (χ1v) is 7.12. The quantitative estimate of drug-likeness (QED) is 0.840. The standard InChI is InChI=1S/C14H18N4O3/c19-8-5-11-4-7-16(9-11)13(20)10-18-14(21)17-6-2-1-3-12(17)15-18/h1-3,6,11,19H,4-5,7-10H2. The molecular weight excluding hydrogens is 272 g/mol. The molecule has 0 bridgehead atoms. The van der Waals surface area contributed by atoms with Crippen LogP contribution in [0.25, 0.3) is 5.65 Å².